The normalized spacial score (nSPS) is 12.9. The number of hydrogen-bond donors (Lipinski definition) is 0. The van der Waals surface area contributed by atoms with Crippen molar-refractivity contribution >= 4 is 0 Å². The summed E-state index contributed by atoms with van der Waals surface area (Å²) in [5.41, 5.74) is 14.1. The van der Waals surface area contributed by atoms with E-state index < -0.39 is 5.41 Å². The van der Waals surface area contributed by atoms with Crippen molar-refractivity contribution in [3.05, 3.63) is 222 Å². The number of ether oxygens (including phenoxy) is 1. The smallest absolute Gasteiger partial charge is 0.164 e. The van der Waals surface area contributed by atoms with E-state index in [2.05, 4.69) is 164 Å². The minimum atomic E-state index is -0.533. The van der Waals surface area contributed by atoms with Gasteiger partial charge in [-0.25, -0.2) is 15.0 Å². The number of fused-ring (bicyclic) bond motifs is 9. The molecular weight excluding hydrogens is 683 g/mol. The number of para-hydroxylation sites is 2. The lowest BCUT2D eigenvalue weighted by molar-refractivity contribution is 0.436. The van der Waals surface area contributed by atoms with Gasteiger partial charge in [-0.2, -0.15) is 0 Å². The van der Waals surface area contributed by atoms with E-state index in [0.717, 1.165) is 56.0 Å². The van der Waals surface area contributed by atoms with Gasteiger partial charge in [0.2, 0.25) is 0 Å². The molecule has 0 N–H and O–H groups in total. The average molecular weight is 716 g/mol. The molecule has 0 fully saturated rings. The fourth-order valence-electron chi connectivity index (χ4n) is 8.66. The van der Waals surface area contributed by atoms with Crippen LogP contribution in [0.4, 0.5) is 0 Å². The Morgan fingerprint density at radius 1 is 0.286 bits per heavy atom. The van der Waals surface area contributed by atoms with E-state index in [1.54, 1.807) is 0 Å². The number of nitrogens with zero attached hydrogens (tertiary/aromatic N) is 3. The predicted octanol–water partition coefficient (Wildman–Crippen LogP) is 12.7. The molecule has 1 aliphatic carbocycles. The molecule has 0 amide bonds. The molecule has 4 heteroatoms. The number of aromatic nitrogens is 3. The highest BCUT2D eigenvalue weighted by Gasteiger charge is 2.51. The Balaban J connectivity index is 1.05. The highest BCUT2D eigenvalue weighted by Crippen LogP contribution is 2.62. The van der Waals surface area contributed by atoms with Crippen molar-refractivity contribution in [2.24, 2.45) is 0 Å². The molecule has 262 valence electrons. The molecule has 1 aliphatic heterocycles. The average Bonchev–Trinajstić information content (AvgIpc) is 3.57. The van der Waals surface area contributed by atoms with Gasteiger partial charge < -0.3 is 4.74 Å². The van der Waals surface area contributed by atoms with Gasteiger partial charge in [-0.15, -0.1) is 0 Å². The maximum absolute atomic E-state index is 6.56. The van der Waals surface area contributed by atoms with Crippen molar-refractivity contribution in [1.82, 2.24) is 15.0 Å². The second kappa shape index (κ2) is 12.9. The first-order valence-electron chi connectivity index (χ1n) is 18.9. The molecule has 0 bridgehead atoms. The summed E-state index contributed by atoms with van der Waals surface area (Å²) in [5.74, 6) is 3.66. The van der Waals surface area contributed by atoms with Crippen molar-refractivity contribution < 1.29 is 4.74 Å². The fourth-order valence-corrected chi connectivity index (χ4v) is 8.66. The summed E-state index contributed by atoms with van der Waals surface area (Å²) in [4.78, 5) is 15.2. The van der Waals surface area contributed by atoms with Crippen molar-refractivity contribution in [3.8, 4) is 79.0 Å². The minimum absolute atomic E-state index is 0.533. The highest BCUT2D eigenvalue weighted by molar-refractivity contribution is 5.90. The molecule has 0 saturated heterocycles. The van der Waals surface area contributed by atoms with E-state index in [0.29, 0.717) is 17.5 Å². The van der Waals surface area contributed by atoms with E-state index in [1.807, 2.05) is 36.4 Å². The summed E-state index contributed by atoms with van der Waals surface area (Å²) in [5, 5.41) is 0. The zero-order valence-electron chi connectivity index (χ0n) is 30.3. The molecule has 1 spiro atoms. The van der Waals surface area contributed by atoms with Crippen LogP contribution in [0.25, 0.3) is 67.5 Å². The van der Waals surface area contributed by atoms with E-state index in [-0.39, 0.29) is 0 Å². The van der Waals surface area contributed by atoms with Crippen LogP contribution in [0.1, 0.15) is 22.3 Å². The van der Waals surface area contributed by atoms with Gasteiger partial charge in [0.05, 0.1) is 5.41 Å². The Labute approximate surface area is 325 Å². The largest absolute Gasteiger partial charge is 0.457 e. The molecule has 4 nitrogen and oxygen atoms in total. The minimum Gasteiger partial charge on any atom is -0.457 e. The third kappa shape index (κ3) is 5.04. The van der Waals surface area contributed by atoms with Gasteiger partial charge in [0, 0.05) is 27.8 Å². The van der Waals surface area contributed by atoms with Crippen LogP contribution >= 0.6 is 0 Å². The summed E-state index contributed by atoms with van der Waals surface area (Å²) >= 11 is 0. The molecule has 1 aromatic heterocycles. The van der Waals surface area contributed by atoms with E-state index >= 15 is 0 Å². The Kier molecular flexibility index (Phi) is 7.36. The van der Waals surface area contributed by atoms with Crippen LogP contribution in [0.15, 0.2) is 200 Å². The SMILES string of the molecule is c1ccc(-c2ccc(-c3nc(-c4ccccc4)nc(-c4cccc(-c5ccc6c(c5)C5(c7ccccc7Oc7ccccc75)c5ccccc5-6)c4)n3)cc2)cc1. The second-order valence-electron chi connectivity index (χ2n) is 14.3. The Morgan fingerprint density at radius 3 is 1.39 bits per heavy atom. The monoisotopic (exact) mass is 715 g/mol. The molecule has 11 rings (SSSR count). The lowest BCUT2D eigenvalue weighted by atomic mass is 9.66. The van der Waals surface area contributed by atoms with Gasteiger partial charge in [0.15, 0.2) is 17.5 Å². The molecule has 9 aromatic rings. The van der Waals surface area contributed by atoms with Crippen LogP contribution in [0, 0.1) is 0 Å². The summed E-state index contributed by atoms with van der Waals surface area (Å²) in [6.07, 6.45) is 0. The third-order valence-corrected chi connectivity index (χ3v) is 11.2. The topological polar surface area (TPSA) is 47.9 Å². The van der Waals surface area contributed by atoms with Gasteiger partial charge >= 0.3 is 0 Å². The molecule has 2 heterocycles. The summed E-state index contributed by atoms with van der Waals surface area (Å²) < 4.78 is 6.56. The van der Waals surface area contributed by atoms with Crippen LogP contribution in [-0.2, 0) is 5.41 Å². The van der Waals surface area contributed by atoms with Crippen molar-refractivity contribution in [2.45, 2.75) is 5.41 Å². The first-order valence-corrected chi connectivity index (χ1v) is 18.9. The van der Waals surface area contributed by atoms with Gasteiger partial charge in [0.25, 0.3) is 0 Å². The number of benzene rings is 8. The predicted molar refractivity (Wildman–Crippen MR) is 224 cm³/mol. The van der Waals surface area contributed by atoms with Crippen LogP contribution < -0.4 is 4.74 Å². The van der Waals surface area contributed by atoms with E-state index in [1.165, 1.54) is 27.8 Å². The molecule has 56 heavy (non-hydrogen) atoms. The number of rotatable bonds is 5. The zero-order valence-corrected chi connectivity index (χ0v) is 30.3. The molecule has 0 atom stereocenters. The second-order valence-corrected chi connectivity index (χ2v) is 14.3. The molecule has 0 radical (unpaired) electrons. The van der Waals surface area contributed by atoms with Crippen molar-refractivity contribution in [3.63, 3.8) is 0 Å². The van der Waals surface area contributed by atoms with Crippen molar-refractivity contribution in [1.29, 1.82) is 0 Å². The van der Waals surface area contributed by atoms with Gasteiger partial charge in [0.1, 0.15) is 11.5 Å². The molecule has 0 unspecified atom stereocenters. The first-order chi connectivity index (χ1) is 27.7. The lowest BCUT2D eigenvalue weighted by Crippen LogP contribution is -2.32. The molecule has 8 aromatic carbocycles. The summed E-state index contributed by atoms with van der Waals surface area (Å²) in [6, 6.07) is 70.3. The zero-order chi connectivity index (χ0) is 37.1. The van der Waals surface area contributed by atoms with Crippen LogP contribution in [0.5, 0.6) is 11.5 Å². The quantitative estimate of drug-likeness (QED) is 0.178. The van der Waals surface area contributed by atoms with E-state index in [4.69, 9.17) is 19.7 Å². The van der Waals surface area contributed by atoms with Gasteiger partial charge in [-0.1, -0.05) is 176 Å². The van der Waals surface area contributed by atoms with E-state index in [9.17, 15) is 0 Å². The number of hydrogen-bond acceptors (Lipinski definition) is 4. The molecular formula is C52H33N3O. The summed E-state index contributed by atoms with van der Waals surface area (Å²) in [6.45, 7) is 0. The molecule has 2 aliphatic rings. The van der Waals surface area contributed by atoms with Crippen LogP contribution in [0.2, 0.25) is 0 Å². The Bertz CT molecular complexity index is 2890. The Hall–Kier alpha value is -7.43. The van der Waals surface area contributed by atoms with Gasteiger partial charge in [-0.3, -0.25) is 0 Å². The first kappa shape index (κ1) is 32.0. The molecule has 0 saturated carbocycles. The highest BCUT2D eigenvalue weighted by atomic mass is 16.5. The summed E-state index contributed by atoms with van der Waals surface area (Å²) in [7, 11) is 0. The fraction of sp³-hybridized carbons (Fsp3) is 0.0192. The van der Waals surface area contributed by atoms with Gasteiger partial charge in [-0.05, 0) is 68.8 Å². The Morgan fingerprint density at radius 2 is 0.714 bits per heavy atom. The maximum Gasteiger partial charge on any atom is 0.164 e. The third-order valence-electron chi connectivity index (χ3n) is 11.2. The lowest BCUT2D eigenvalue weighted by Gasteiger charge is -2.39. The van der Waals surface area contributed by atoms with Crippen LogP contribution in [0.3, 0.4) is 0 Å². The maximum atomic E-state index is 6.56. The van der Waals surface area contributed by atoms with Crippen molar-refractivity contribution in [2.75, 3.05) is 0 Å². The standard InChI is InChI=1S/C52H33N3O/c1-3-14-34(15-4-1)35-26-28-37(29-27-35)50-53-49(36-16-5-2-6-17-36)54-51(55-50)40-19-13-18-38(32-40)39-30-31-42-41-20-7-8-21-43(41)52(46(42)33-39)44-22-9-11-24-47(44)56-48-25-12-10-23-45(48)52/h1-33H. The van der Waals surface area contributed by atoms with Crippen LogP contribution in [-0.4, -0.2) is 15.0 Å².